The standard InChI is InChI=1S/C25H23N5S/c1-18-6-4-7-20(16-18)29-15-5-9-22(29)24-23(21-8-2-3-12-27-21)28-25(31)30(24)17-19-10-13-26-14-11-19/h2-16,23-24H,17H2,1H3,(H,28,31). The van der Waals surface area contributed by atoms with Crippen molar-refractivity contribution in [1.82, 2.24) is 24.8 Å². The molecule has 1 saturated heterocycles. The molecule has 31 heavy (non-hydrogen) atoms. The molecule has 0 bridgehead atoms. The van der Waals surface area contributed by atoms with Crippen LogP contribution < -0.4 is 5.32 Å². The summed E-state index contributed by atoms with van der Waals surface area (Å²) < 4.78 is 2.25. The number of aromatic nitrogens is 3. The van der Waals surface area contributed by atoms with E-state index in [2.05, 4.69) is 80.3 Å². The summed E-state index contributed by atoms with van der Waals surface area (Å²) in [4.78, 5) is 11.1. The molecule has 0 saturated carbocycles. The molecule has 0 spiro atoms. The number of benzene rings is 1. The Bertz CT molecular complexity index is 1190. The molecule has 2 atom stereocenters. The van der Waals surface area contributed by atoms with E-state index in [4.69, 9.17) is 12.2 Å². The molecule has 2 unspecified atom stereocenters. The van der Waals surface area contributed by atoms with Gasteiger partial charge in [-0.25, -0.2) is 0 Å². The molecule has 1 aromatic carbocycles. The maximum atomic E-state index is 5.81. The predicted octanol–water partition coefficient (Wildman–Crippen LogP) is 4.75. The first kappa shape index (κ1) is 19.5. The van der Waals surface area contributed by atoms with Crippen molar-refractivity contribution in [2.75, 3.05) is 0 Å². The van der Waals surface area contributed by atoms with E-state index in [1.165, 1.54) is 16.8 Å². The highest BCUT2D eigenvalue weighted by Gasteiger charge is 2.41. The third-order valence-corrected chi connectivity index (χ3v) is 6.02. The molecule has 5 nitrogen and oxygen atoms in total. The van der Waals surface area contributed by atoms with Crippen LogP contribution >= 0.6 is 12.2 Å². The molecular formula is C25H23N5S. The van der Waals surface area contributed by atoms with Gasteiger partial charge in [-0.15, -0.1) is 0 Å². The predicted molar refractivity (Wildman–Crippen MR) is 126 cm³/mol. The molecule has 1 aliphatic rings. The molecular weight excluding hydrogens is 402 g/mol. The van der Waals surface area contributed by atoms with E-state index in [0.29, 0.717) is 6.54 Å². The van der Waals surface area contributed by atoms with E-state index in [1.54, 1.807) is 0 Å². The van der Waals surface area contributed by atoms with Crippen LogP contribution in [0.15, 0.2) is 91.5 Å². The number of thiocarbonyl (C=S) groups is 1. The summed E-state index contributed by atoms with van der Waals surface area (Å²) in [6.07, 6.45) is 7.60. The maximum absolute atomic E-state index is 5.81. The van der Waals surface area contributed by atoms with Gasteiger partial charge in [0.15, 0.2) is 5.11 Å². The second-order valence-electron chi connectivity index (χ2n) is 7.75. The molecule has 1 N–H and O–H groups in total. The molecule has 0 radical (unpaired) electrons. The number of rotatable bonds is 5. The van der Waals surface area contributed by atoms with Crippen molar-refractivity contribution >= 4 is 17.3 Å². The lowest BCUT2D eigenvalue weighted by atomic mass is 10.0. The lowest BCUT2D eigenvalue weighted by molar-refractivity contribution is 0.302. The highest BCUT2D eigenvalue weighted by Crippen LogP contribution is 2.40. The van der Waals surface area contributed by atoms with E-state index in [9.17, 15) is 0 Å². The normalized spacial score (nSPS) is 18.2. The van der Waals surface area contributed by atoms with Crippen LogP contribution in [0.25, 0.3) is 5.69 Å². The maximum Gasteiger partial charge on any atom is 0.170 e. The third-order valence-electron chi connectivity index (χ3n) is 5.66. The molecule has 3 aromatic heterocycles. The number of nitrogens with zero attached hydrogens (tertiary/aromatic N) is 4. The number of nitrogens with one attached hydrogen (secondary N) is 1. The fraction of sp³-hybridized carbons (Fsp3) is 0.160. The first-order valence-electron chi connectivity index (χ1n) is 10.3. The van der Waals surface area contributed by atoms with Crippen LogP contribution in [-0.2, 0) is 6.54 Å². The van der Waals surface area contributed by atoms with E-state index >= 15 is 0 Å². The minimum absolute atomic E-state index is 0.00826. The van der Waals surface area contributed by atoms with Crippen molar-refractivity contribution in [3.63, 3.8) is 0 Å². The Morgan fingerprint density at radius 3 is 2.61 bits per heavy atom. The van der Waals surface area contributed by atoms with Crippen molar-refractivity contribution in [3.8, 4) is 5.69 Å². The Morgan fingerprint density at radius 1 is 0.968 bits per heavy atom. The summed E-state index contributed by atoms with van der Waals surface area (Å²) in [6.45, 7) is 2.81. The Morgan fingerprint density at radius 2 is 1.84 bits per heavy atom. The van der Waals surface area contributed by atoms with Crippen LogP contribution in [-0.4, -0.2) is 24.5 Å². The van der Waals surface area contributed by atoms with Crippen molar-refractivity contribution in [2.45, 2.75) is 25.6 Å². The van der Waals surface area contributed by atoms with E-state index in [1.807, 2.05) is 42.9 Å². The number of aryl methyl sites for hydroxylation is 1. The highest BCUT2D eigenvalue weighted by atomic mass is 32.1. The van der Waals surface area contributed by atoms with Gasteiger partial charge < -0.3 is 14.8 Å². The van der Waals surface area contributed by atoms with Crippen LogP contribution in [0.1, 0.15) is 34.6 Å². The first-order valence-corrected chi connectivity index (χ1v) is 10.7. The molecule has 0 amide bonds. The highest BCUT2D eigenvalue weighted by molar-refractivity contribution is 7.80. The average molecular weight is 426 g/mol. The van der Waals surface area contributed by atoms with E-state index in [0.717, 1.165) is 16.5 Å². The summed E-state index contributed by atoms with van der Waals surface area (Å²) in [5.74, 6) is 0. The van der Waals surface area contributed by atoms with Gasteiger partial charge in [0, 0.05) is 42.7 Å². The van der Waals surface area contributed by atoms with Gasteiger partial charge in [0.1, 0.15) is 0 Å². The van der Waals surface area contributed by atoms with Crippen molar-refractivity contribution in [2.24, 2.45) is 0 Å². The molecule has 1 aliphatic heterocycles. The van der Waals surface area contributed by atoms with Crippen LogP contribution in [0.2, 0.25) is 0 Å². The zero-order chi connectivity index (χ0) is 21.2. The molecule has 4 heterocycles. The molecule has 154 valence electrons. The Hall–Kier alpha value is -3.51. The van der Waals surface area contributed by atoms with Crippen LogP contribution in [0, 0.1) is 6.92 Å². The molecule has 4 aromatic rings. The molecule has 6 heteroatoms. The minimum Gasteiger partial charge on any atom is -0.352 e. The second kappa shape index (κ2) is 8.32. The summed E-state index contributed by atoms with van der Waals surface area (Å²) >= 11 is 5.81. The fourth-order valence-electron chi connectivity index (χ4n) is 4.23. The van der Waals surface area contributed by atoms with Crippen molar-refractivity contribution in [3.05, 3.63) is 114 Å². The largest absolute Gasteiger partial charge is 0.352 e. The Balaban J connectivity index is 1.61. The number of hydrogen-bond donors (Lipinski definition) is 1. The number of hydrogen-bond acceptors (Lipinski definition) is 3. The molecule has 5 rings (SSSR count). The first-order chi connectivity index (χ1) is 15.2. The molecule has 1 fully saturated rings. The average Bonchev–Trinajstić information content (AvgIpc) is 3.40. The molecule has 0 aliphatic carbocycles. The quantitative estimate of drug-likeness (QED) is 0.468. The fourth-order valence-corrected chi connectivity index (χ4v) is 4.54. The van der Waals surface area contributed by atoms with Gasteiger partial charge in [0.25, 0.3) is 0 Å². The van der Waals surface area contributed by atoms with Crippen molar-refractivity contribution in [1.29, 1.82) is 0 Å². The third kappa shape index (κ3) is 3.82. The van der Waals surface area contributed by atoms with Crippen LogP contribution in [0.5, 0.6) is 0 Å². The van der Waals surface area contributed by atoms with E-state index < -0.39 is 0 Å². The van der Waals surface area contributed by atoms with Gasteiger partial charge >= 0.3 is 0 Å². The smallest absolute Gasteiger partial charge is 0.170 e. The van der Waals surface area contributed by atoms with Gasteiger partial charge in [-0.1, -0.05) is 18.2 Å². The zero-order valence-corrected chi connectivity index (χ0v) is 18.0. The van der Waals surface area contributed by atoms with Gasteiger partial charge in [-0.05, 0) is 78.8 Å². The van der Waals surface area contributed by atoms with Gasteiger partial charge in [-0.2, -0.15) is 0 Å². The summed E-state index contributed by atoms with van der Waals surface area (Å²) in [5.41, 5.74) is 5.68. The van der Waals surface area contributed by atoms with Crippen LogP contribution in [0.3, 0.4) is 0 Å². The van der Waals surface area contributed by atoms with Gasteiger partial charge in [0.2, 0.25) is 0 Å². The lowest BCUT2D eigenvalue weighted by Crippen LogP contribution is -2.30. The Kier molecular flexibility index (Phi) is 5.22. The summed E-state index contributed by atoms with van der Waals surface area (Å²) in [7, 11) is 0. The number of pyridine rings is 2. The van der Waals surface area contributed by atoms with Crippen molar-refractivity contribution < 1.29 is 0 Å². The van der Waals surface area contributed by atoms with Gasteiger partial charge in [-0.3, -0.25) is 9.97 Å². The van der Waals surface area contributed by atoms with E-state index in [-0.39, 0.29) is 12.1 Å². The minimum atomic E-state index is -0.0472. The lowest BCUT2D eigenvalue weighted by Gasteiger charge is -2.29. The zero-order valence-electron chi connectivity index (χ0n) is 17.2. The topological polar surface area (TPSA) is 46.0 Å². The second-order valence-corrected chi connectivity index (χ2v) is 8.14. The summed E-state index contributed by atoms with van der Waals surface area (Å²) in [6, 6.07) is 22.9. The monoisotopic (exact) mass is 425 g/mol. The van der Waals surface area contributed by atoms with Gasteiger partial charge in [0.05, 0.1) is 17.8 Å². The SMILES string of the molecule is Cc1cccc(-n2cccc2C2C(c3ccccn3)NC(=S)N2Cc2ccncc2)c1. The van der Waals surface area contributed by atoms with Crippen LogP contribution in [0.4, 0.5) is 0 Å². The Labute approximate surface area is 187 Å². The summed E-state index contributed by atoms with van der Waals surface area (Å²) in [5, 5.41) is 4.27.